The number of nitrogens with two attached hydrogens (primary N) is 1. The van der Waals surface area contributed by atoms with Crippen LogP contribution in [0.1, 0.15) is 15.6 Å². The van der Waals surface area contributed by atoms with Crippen molar-refractivity contribution in [2.75, 3.05) is 6.61 Å². The first-order valence-corrected chi connectivity index (χ1v) is 5.57. The smallest absolute Gasteiger partial charge is 0.330 e. The molecule has 0 saturated carbocycles. The molecule has 1 aromatic rings. The summed E-state index contributed by atoms with van der Waals surface area (Å²) in [6.45, 7) is 0.502. The highest BCUT2D eigenvalue weighted by molar-refractivity contribution is 7.11. The standard InChI is InChI=1S/C9H12F4N2OS/c1-5-6(2-14)17-7(15-5)3-16-4-9(12,13)8(10)11/h8H,2-4,14H2,1H3. The number of nitrogens with zero attached hydrogens (tertiary/aromatic N) is 1. The first-order valence-electron chi connectivity index (χ1n) is 4.75. The Hall–Kier alpha value is -0.730. The van der Waals surface area contributed by atoms with Gasteiger partial charge in [0.05, 0.1) is 12.3 Å². The topological polar surface area (TPSA) is 48.1 Å². The fourth-order valence-corrected chi connectivity index (χ4v) is 1.96. The molecule has 1 aromatic heterocycles. The van der Waals surface area contributed by atoms with E-state index in [2.05, 4.69) is 9.72 Å². The van der Waals surface area contributed by atoms with Gasteiger partial charge in [-0.1, -0.05) is 0 Å². The summed E-state index contributed by atoms with van der Waals surface area (Å²) in [5.74, 6) is -4.12. The van der Waals surface area contributed by atoms with Crippen molar-refractivity contribution < 1.29 is 22.3 Å². The maximum atomic E-state index is 12.5. The number of hydrogen-bond donors (Lipinski definition) is 1. The van der Waals surface area contributed by atoms with E-state index in [0.717, 1.165) is 4.88 Å². The number of ether oxygens (including phenoxy) is 1. The summed E-state index contributed by atoms with van der Waals surface area (Å²) in [6.07, 6.45) is -3.72. The zero-order valence-electron chi connectivity index (χ0n) is 9.05. The molecule has 0 atom stereocenters. The first kappa shape index (κ1) is 14.3. The summed E-state index contributed by atoms with van der Waals surface area (Å²) >= 11 is 1.22. The largest absolute Gasteiger partial charge is 0.368 e. The van der Waals surface area contributed by atoms with Crippen LogP contribution < -0.4 is 5.73 Å². The molecule has 1 heterocycles. The van der Waals surface area contributed by atoms with E-state index in [4.69, 9.17) is 5.73 Å². The lowest BCUT2D eigenvalue weighted by Crippen LogP contribution is -2.32. The lowest BCUT2D eigenvalue weighted by molar-refractivity contribution is -0.168. The molecule has 3 nitrogen and oxygen atoms in total. The van der Waals surface area contributed by atoms with Crippen LogP contribution in [-0.2, 0) is 17.9 Å². The lowest BCUT2D eigenvalue weighted by atomic mass is 10.4. The van der Waals surface area contributed by atoms with Crippen molar-refractivity contribution in [3.63, 3.8) is 0 Å². The molecule has 0 bridgehead atoms. The van der Waals surface area contributed by atoms with Gasteiger partial charge in [0.25, 0.3) is 0 Å². The molecule has 0 spiro atoms. The van der Waals surface area contributed by atoms with Crippen molar-refractivity contribution in [3.8, 4) is 0 Å². The van der Waals surface area contributed by atoms with Gasteiger partial charge < -0.3 is 10.5 Å². The number of thiazole rings is 1. The molecule has 1 rings (SSSR count). The van der Waals surface area contributed by atoms with Gasteiger partial charge >= 0.3 is 12.3 Å². The Morgan fingerprint density at radius 2 is 2.12 bits per heavy atom. The molecular formula is C9H12F4N2OS. The molecule has 0 aliphatic carbocycles. The Morgan fingerprint density at radius 1 is 1.47 bits per heavy atom. The van der Waals surface area contributed by atoms with Crippen LogP contribution in [0, 0.1) is 6.92 Å². The highest BCUT2D eigenvalue weighted by Gasteiger charge is 2.40. The number of aromatic nitrogens is 1. The number of halogens is 4. The molecule has 2 N–H and O–H groups in total. The molecule has 0 aliphatic heterocycles. The van der Waals surface area contributed by atoms with Gasteiger partial charge in [-0.05, 0) is 6.92 Å². The molecule has 98 valence electrons. The zero-order chi connectivity index (χ0) is 13.1. The van der Waals surface area contributed by atoms with Crippen LogP contribution in [0.3, 0.4) is 0 Å². The number of alkyl halides is 4. The Kier molecular flexibility index (Phi) is 4.84. The molecule has 0 saturated heterocycles. The van der Waals surface area contributed by atoms with Crippen LogP contribution in [0.25, 0.3) is 0 Å². The van der Waals surface area contributed by atoms with Crippen LogP contribution in [-0.4, -0.2) is 23.9 Å². The van der Waals surface area contributed by atoms with Crippen molar-refractivity contribution in [2.24, 2.45) is 5.73 Å². The van der Waals surface area contributed by atoms with E-state index in [1.54, 1.807) is 6.92 Å². The third-order valence-corrected chi connectivity index (χ3v) is 3.11. The minimum absolute atomic E-state index is 0.214. The van der Waals surface area contributed by atoms with Crippen molar-refractivity contribution >= 4 is 11.3 Å². The van der Waals surface area contributed by atoms with Crippen LogP contribution in [0.2, 0.25) is 0 Å². The van der Waals surface area contributed by atoms with E-state index < -0.39 is 19.0 Å². The summed E-state index contributed by atoms with van der Waals surface area (Å²) in [7, 11) is 0. The second-order valence-electron chi connectivity index (χ2n) is 3.37. The summed E-state index contributed by atoms with van der Waals surface area (Å²) in [5, 5.41) is 0.452. The highest BCUT2D eigenvalue weighted by Crippen LogP contribution is 2.24. The normalized spacial score (nSPS) is 12.4. The van der Waals surface area contributed by atoms with Crippen LogP contribution in [0.5, 0.6) is 0 Å². The van der Waals surface area contributed by atoms with E-state index in [0.29, 0.717) is 17.2 Å². The Balaban J connectivity index is 2.46. The summed E-state index contributed by atoms with van der Waals surface area (Å²) < 4.78 is 53.1. The summed E-state index contributed by atoms with van der Waals surface area (Å²) in [5.41, 5.74) is 6.12. The van der Waals surface area contributed by atoms with Gasteiger partial charge in [0.2, 0.25) is 0 Å². The van der Waals surface area contributed by atoms with Crippen molar-refractivity contribution in [1.82, 2.24) is 4.98 Å². The second-order valence-corrected chi connectivity index (χ2v) is 4.54. The maximum Gasteiger partial charge on any atom is 0.330 e. The molecule has 0 amide bonds. The summed E-state index contributed by atoms with van der Waals surface area (Å²) in [4.78, 5) is 4.85. The molecule has 0 fully saturated rings. The quantitative estimate of drug-likeness (QED) is 0.808. The zero-order valence-corrected chi connectivity index (χ0v) is 9.87. The minimum atomic E-state index is -4.12. The number of hydrogen-bond acceptors (Lipinski definition) is 4. The Labute approximate surface area is 99.6 Å². The first-order chi connectivity index (χ1) is 7.86. The molecule has 0 radical (unpaired) electrons. The van der Waals surface area contributed by atoms with E-state index in [1.165, 1.54) is 11.3 Å². The molecule has 0 aromatic carbocycles. The van der Waals surface area contributed by atoms with Gasteiger partial charge in [-0.15, -0.1) is 11.3 Å². The second kappa shape index (κ2) is 5.74. The average molecular weight is 272 g/mol. The van der Waals surface area contributed by atoms with Crippen LogP contribution >= 0.6 is 11.3 Å². The third kappa shape index (κ3) is 3.90. The molecule has 0 unspecified atom stereocenters. The SMILES string of the molecule is Cc1nc(COCC(F)(F)C(F)F)sc1CN. The highest BCUT2D eigenvalue weighted by atomic mass is 32.1. The van der Waals surface area contributed by atoms with Crippen LogP contribution in [0.4, 0.5) is 17.6 Å². The molecule has 17 heavy (non-hydrogen) atoms. The van der Waals surface area contributed by atoms with Gasteiger partial charge in [0.1, 0.15) is 11.6 Å². The molecular weight excluding hydrogens is 260 g/mol. The number of rotatable bonds is 6. The number of aryl methyl sites for hydroxylation is 1. The fraction of sp³-hybridized carbons (Fsp3) is 0.667. The van der Waals surface area contributed by atoms with Crippen LogP contribution in [0.15, 0.2) is 0 Å². The van der Waals surface area contributed by atoms with Gasteiger partial charge in [-0.3, -0.25) is 0 Å². The fourth-order valence-electron chi connectivity index (χ4n) is 1.08. The van der Waals surface area contributed by atoms with E-state index >= 15 is 0 Å². The molecule has 0 aliphatic rings. The summed E-state index contributed by atoms with van der Waals surface area (Å²) in [6, 6.07) is 0. The van der Waals surface area contributed by atoms with Gasteiger partial charge in [-0.25, -0.2) is 13.8 Å². The average Bonchev–Trinajstić information content (AvgIpc) is 2.58. The Morgan fingerprint density at radius 3 is 2.59 bits per heavy atom. The van der Waals surface area contributed by atoms with E-state index in [1.807, 2.05) is 0 Å². The monoisotopic (exact) mass is 272 g/mol. The van der Waals surface area contributed by atoms with Crippen molar-refractivity contribution in [1.29, 1.82) is 0 Å². The minimum Gasteiger partial charge on any atom is -0.368 e. The maximum absolute atomic E-state index is 12.5. The molecule has 8 heteroatoms. The predicted octanol–water partition coefficient (Wildman–Crippen LogP) is 2.33. The van der Waals surface area contributed by atoms with E-state index in [-0.39, 0.29) is 6.61 Å². The van der Waals surface area contributed by atoms with Crippen molar-refractivity contribution in [2.45, 2.75) is 32.4 Å². The van der Waals surface area contributed by atoms with Gasteiger partial charge in [0, 0.05) is 11.4 Å². The van der Waals surface area contributed by atoms with Crippen molar-refractivity contribution in [3.05, 3.63) is 15.6 Å². The van der Waals surface area contributed by atoms with Gasteiger partial charge in [-0.2, -0.15) is 8.78 Å². The van der Waals surface area contributed by atoms with Gasteiger partial charge in [0.15, 0.2) is 0 Å². The third-order valence-electron chi connectivity index (χ3n) is 1.96. The predicted molar refractivity (Wildman–Crippen MR) is 55.3 cm³/mol. The lowest BCUT2D eigenvalue weighted by Gasteiger charge is -2.14. The van der Waals surface area contributed by atoms with E-state index in [9.17, 15) is 17.6 Å². The Bertz CT molecular complexity index is 370.